The molecule has 0 unspecified atom stereocenters. The zero-order valence-electron chi connectivity index (χ0n) is 17.7. The number of aromatic nitrogens is 4. The highest BCUT2D eigenvalue weighted by molar-refractivity contribution is 5.95. The standard InChI is InChI=1S/C21H18F5N7O/c1-12(21(24,25)26)31-19(34)15-4-17(23)18(5-16(15)22)32-10-20(11-32,2-3-27)33-9-14(8-30-33)13-6-28-29-7-13/h4-9,12H,2,10-11H2,1H3,(H,28,29)(H,31,34)/t12-/m0/s1. The van der Waals surface area contributed by atoms with Gasteiger partial charge < -0.3 is 10.2 Å². The van der Waals surface area contributed by atoms with Crippen LogP contribution in [0.3, 0.4) is 0 Å². The fourth-order valence-corrected chi connectivity index (χ4v) is 3.77. The van der Waals surface area contributed by atoms with Gasteiger partial charge in [0.05, 0.1) is 36.1 Å². The van der Waals surface area contributed by atoms with Crippen molar-refractivity contribution in [2.75, 3.05) is 18.0 Å². The van der Waals surface area contributed by atoms with Crippen LogP contribution in [0.2, 0.25) is 0 Å². The molecule has 3 aromatic rings. The second-order valence-electron chi connectivity index (χ2n) is 8.10. The van der Waals surface area contributed by atoms with E-state index < -0.39 is 40.9 Å². The van der Waals surface area contributed by atoms with Crippen LogP contribution < -0.4 is 10.2 Å². The van der Waals surface area contributed by atoms with Crippen LogP contribution in [0.5, 0.6) is 0 Å². The average molecular weight is 479 g/mol. The Kier molecular flexibility index (Phi) is 5.76. The fraction of sp³-hybridized carbons (Fsp3) is 0.333. The van der Waals surface area contributed by atoms with Gasteiger partial charge in [-0.05, 0) is 13.0 Å². The number of anilines is 1. The van der Waals surface area contributed by atoms with E-state index in [-0.39, 0.29) is 25.2 Å². The molecule has 0 spiro atoms. The van der Waals surface area contributed by atoms with Crippen LogP contribution in [0.15, 0.2) is 36.9 Å². The van der Waals surface area contributed by atoms with Crippen molar-refractivity contribution in [2.45, 2.75) is 31.1 Å². The molecule has 1 amide bonds. The van der Waals surface area contributed by atoms with Gasteiger partial charge in [0.2, 0.25) is 0 Å². The minimum Gasteiger partial charge on any atom is -0.364 e. The minimum atomic E-state index is -4.73. The number of carbonyl (C=O) groups is 1. The molecule has 1 aliphatic rings. The summed E-state index contributed by atoms with van der Waals surface area (Å²) in [6, 6.07) is 1.19. The third kappa shape index (κ3) is 4.18. The highest BCUT2D eigenvalue weighted by Gasteiger charge is 2.46. The molecule has 8 nitrogen and oxygen atoms in total. The van der Waals surface area contributed by atoms with Crippen molar-refractivity contribution in [3.05, 3.63) is 54.1 Å². The number of hydrogen-bond donors (Lipinski definition) is 2. The number of benzene rings is 1. The molecule has 1 aromatic carbocycles. The van der Waals surface area contributed by atoms with Crippen LogP contribution in [0.1, 0.15) is 23.7 Å². The Morgan fingerprint density at radius 2 is 2.00 bits per heavy atom. The van der Waals surface area contributed by atoms with Gasteiger partial charge >= 0.3 is 6.18 Å². The first-order valence-corrected chi connectivity index (χ1v) is 10.1. The Morgan fingerprint density at radius 3 is 2.62 bits per heavy atom. The van der Waals surface area contributed by atoms with Crippen molar-refractivity contribution in [3.8, 4) is 17.2 Å². The third-order valence-corrected chi connectivity index (χ3v) is 5.74. The minimum absolute atomic E-state index is 0.0515. The Bertz CT molecular complexity index is 1240. The van der Waals surface area contributed by atoms with Gasteiger partial charge in [-0.1, -0.05) is 0 Å². The van der Waals surface area contributed by atoms with Crippen LogP contribution in [-0.4, -0.2) is 51.2 Å². The molecule has 34 heavy (non-hydrogen) atoms. The van der Waals surface area contributed by atoms with E-state index in [9.17, 15) is 32.0 Å². The molecule has 0 bridgehead atoms. The molecule has 13 heteroatoms. The molecular formula is C21H18F5N7O. The first kappa shape index (κ1) is 23.2. The summed E-state index contributed by atoms with van der Waals surface area (Å²) in [5.41, 5.74) is -0.258. The van der Waals surface area contributed by atoms with E-state index in [4.69, 9.17) is 0 Å². The number of amides is 1. The van der Waals surface area contributed by atoms with E-state index in [2.05, 4.69) is 21.4 Å². The molecule has 1 saturated heterocycles. The molecule has 0 aliphatic carbocycles. The van der Waals surface area contributed by atoms with Gasteiger partial charge in [0.1, 0.15) is 23.2 Å². The maximum absolute atomic E-state index is 14.8. The average Bonchev–Trinajstić information content (AvgIpc) is 3.43. The summed E-state index contributed by atoms with van der Waals surface area (Å²) in [6.07, 6.45) is 1.94. The summed E-state index contributed by atoms with van der Waals surface area (Å²) in [5.74, 6) is -3.52. The maximum atomic E-state index is 14.8. The van der Waals surface area contributed by atoms with Crippen LogP contribution >= 0.6 is 0 Å². The number of H-pyrrole nitrogens is 1. The monoisotopic (exact) mass is 479 g/mol. The zero-order valence-corrected chi connectivity index (χ0v) is 17.7. The molecular weight excluding hydrogens is 461 g/mol. The maximum Gasteiger partial charge on any atom is 0.408 e. The molecule has 2 N–H and O–H groups in total. The Morgan fingerprint density at radius 1 is 1.26 bits per heavy atom. The Labute approximate surface area is 190 Å². The zero-order chi connectivity index (χ0) is 24.7. The van der Waals surface area contributed by atoms with Gasteiger partial charge in [0.25, 0.3) is 5.91 Å². The fourth-order valence-electron chi connectivity index (χ4n) is 3.77. The van der Waals surface area contributed by atoms with E-state index in [1.807, 2.05) is 0 Å². The summed E-state index contributed by atoms with van der Waals surface area (Å²) in [7, 11) is 0. The molecule has 3 heterocycles. The van der Waals surface area contributed by atoms with Crippen molar-refractivity contribution in [1.82, 2.24) is 25.3 Å². The number of halogens is 5. The predicted molar refractivity (Wildman–Crippen MR) is 110 cm³/mol. The number of nitriles is 1. The topological polar surface area (TPSA) is 103 Å². The molecule has 178 valence electrons. The van der Waals surface area contributed by atoms with Crippen LogP contribution in [0.25, 0.3) is 11.1 Å². The van der Waals surface area contributed by atoms with Crippen LogP contribution in [0.4, 0.5) is 27.6 Å². The number of carbonyl (C=O) groups excluding carboxylic acids is 1. The van der Waals surface area contributed by atoms with E-state index in [1.54, 1.807) is 34.8 Å². The SMILES string of the molecule is C[C@H](NC(=O)c1cc(F)c(N2CC(CC#N)(n3cc(-c4cn[nH]c4)cn3)C2)cc1F)C(F)(F)F. The highest BCUT2D eigenvalue weighted by Crippen LogP contribution is 2.38. The lowest BCUT2D eigenvalue weighted by Gasteiger charge is -2.50. The number of rotatable bonds is 6. The Hall–Kier alpha value is -3.95. The lowest BCUT2D eigenvalue weighted by Crippen LogP contribution is -2.63. The van der Waals surface area contributed by atoms with E-state index >= 15 is 0 Å². The second kappa shape index (κ2) is 8.44. The predicted octanol–water partition coefficient (Wildman–Crippen LogP) is 3.36. The molecule has 1 fully saturated rings. The first-order chi connectivity index (χ1) is 16.0. The van der Waals surface area contributed by atoms with Crippen molar-refractivity contribution in [2.24, 2.45) is 0 Å². The lowest BCUT2D eigenvalue weighted by molar-refractivity contribution is -0.149. The largest absolute Gasteiger partial charge is 0.408 e. The number of alkyl halides is 3. The van der Waals surface area contributed by atoms with Crippen LogP contribution in [-0.2, 0) is 5.54 Å². The van der Waals surface area contributed by atoms with E-state index in [0.29, 0.717) is 13.0 Å². The molecule has 4 rings (SSSR count). The number of nitrogens with zero attached hydrogens (tertiary/aromatic N) is 5. The number of aromatic amines is 1. The quantitative estimate of drug-likeness (QED) is 0.528. The van der Waals surface area contributed by atoms with Gasteiger partial charge in [0.15, 0.2) is 0 Å². The van der Waals surface area contributed by atoms with Crippen LogP contribution in [0, 0.1) is 23.0 Å². The van der Waals surface area contributed by atoms with Crippen molar-refractivity contribution < 1.29 is 26.7 Å². The normalized spacial score (nSPS) is 16.0. The summed E-state index contributed by atoms with van der Waals surface area (Å²) in [4.78, 5) is 13.5. The third-order valence-electron chi connectivity index (χ3n) is 5.74. The Balaban J connectivity index is 1.53. The van der Waals surface area contributed by atoms with Gasteiger partial charge in [-0.15, -0.1) is 0 Å². The molecule has 0 radical (unpaired) electrons. The molecule has 1 atom stereocenters. The summed E-state index contributed by atoms with van der Waals surface area (Å²) in [5, 5.41) is 21.8. The summed E-state index contributed by atoms with van der Waals surface area (Å²) < 4.78 is 68.9. The summed E-state index contributed by atoms with van der Waals surface area (Å²) >= 11 is 0. The van der Waals surface area contributed by atoms with Gasteiger partial charge in [-0.2, -0.15) is 28.6 Å². The van der Waals surface area contributed by atoms with Crippen molar-refractivity contribution >= 4 is 11.6 Å². The van der Waals surface area contributed by atoms with Crippen molar-refractivity contribution in [1.29, 1.82) is 5.26 Å². The van der Waals surface area contributed by atoms with Crippen molar-refractivity contribution in [3.63, 3.8) is 0 Å². The first-order valence-electron chi connectivity index (χ1n) is 10.1. The smallest absolute Gasteiger partial charge is 0.364 e. The lowest BCUT2D eigenvalue weighted by atomic mass is 9.86. The van der Waals surface area contributed by atoms with E-state index in [0.717, 1.165) is 17.2 Å². The molecule has 1 aliphatic heterocycles. The number of nitrogens with one attached hydrogen (secondary N) is 2. The van der Waals surface area contributed by atoms with Gasteiger partial charge in [-0.3, -0.25) is 14.6 Å². The molecule has 2 aromatic heterocycles. The van der Waals surface area contributed by atoms with Gasteiger partial charge in [-0.25, -0.2) is 8.78 Å². The van der Waals surface area contributed by atoms with E-state index in [1.165, 1.54) is 4.90 Å². The summed E-state index contributed by atoms with van der Waals surface area (Å²) in [6.45, 7) is 0.947. The molecule has 0 saturated carbocycles. The highest BCUT2D eigenvalue weighted by atomic mass is 19.4. The van der Waals surface area contributed by atoms with Gasteiger partial charge in [0, 0.05) is 42.7 Å². The second-order valence-corrected chi connectivity index (χ2v) is 8.10. The number of hydrogen-bond acceptors (Lipinski definition) is 5.